The van der Waals surface area contributed by atoms with Gasteiger partial charge in [0.15, 0.2) is 0 Å². The summed E-state index contributed by atoms with van der Waals surface area (Å²) in [5.41, 5.74) is 0.450. The molecule has 0 bridgehead atoms. The topological polar surface area (TPSA) is 30.5 Å². The van der Waals surface area contributed by atoms with Crippen LogP contribution in [0.2, 0.25) is 0 Å². The molecule has 1 N–H and O–H groups in total. The lowest BCUT2D eigenvalue weighted by molar-refractivity contribution is -0.150. The van der Waals surface area contributed by atoms with Crippen LogP contribution in [0, 0.1) is 11.3 Å². The molecule has 21 heavy (non-hydrogen) atoms. The first-order valence-electron chi connectivity index (χ1n) is 9.28. The van der Waals surface area contributed by atoms with Crippen LogP contribution >= 0.6 is 0 Å². The first-order valence-corrected chi connectivity index (χ1v) is 9.28. The fourth-order valence-electron chi connectivity index (χ4n) is 4.61. The van der Waals surface area contributed by atoms with E-state index in [0.29, 0.717) is 23.5 Å². The Labute approximate surface area is 130 Å². The van der Waals surface area contributed by atoms with Gasteiger partial charge in [-0.15, -0.1) is 0 Å². The van der Waals surface area contributed by atoms with Crippen LogP contribution in [0.5, 0.6) is 0 Å². The summed E-state index contributed by atoms with van der Waals surface area (Å²) in [6, 6.07) is 0.709. The van der Waals surface area contributed by atoms with Gasteiger partial charge in [0.2, 0.25) is 0 Å². The molecule has 3 fully saturated rings. The second kappa shape index (κ2) is 7.43. The molecule has 122 valence electrons. The highest BCUT2D eigenvalue weighted by Gasteiger charge is 2.54. The van der Waals surface area contributed by atoms with E-state index in [1.165, 1.54) is 57.8 Å². The summed E-state index contributed by atoms with van der Waals surface area (Å²) >= 11 is 0. The SMILES string of the molecule is CCCNC1CC(OCC2CCOC2)C12CCCCCC2. The van der Waals surface area contributed by atoms with Gasteiger partial charge in [0, 0.05) is 24.0 Å². The van der Waals surface area contributed by atoms with Crippen molar-refractivity contribution >= 4 is 0 Å². The highest BCUT2D eigenvalue weighted by Crippen LogP contribution is 2.52. The van der Waals surface area contributed by atoms with Gasteiger partial charge in [-0.05, 0) is 38.6 Å². The zero-order valence-electron chi connectivity index (χ0n) is 13.7. The van der Waals surface area contributed by atoms with Crippen LogP contribution in [-0.4, -0.2) is 38.5 Å². The second-order valence-corrected chi connectivity index (χ2v) is 7.44. The maximum Gasteiger partial charge on any atom is 0.0661 e. The van der Waals surface area contributed by atoms with Gasteiger partial charge < -0.3 is 14.8 Å². The average molecular weight is 295 g/mol. The Balaban J connectivity index is 1.56. The normalized spacial score (nSPS) is 35.6. The number of rotatable bonds is 6. The second-order valence-electron chi connectivity index (χ2n) is 7.44. The fourth-order valence-corrected chi connectivity index (χ4v) is 4.61. The fraction of sp³-hybridized carbons (Fsp3) is 1.00. The molecule has 3 aliphatic rings. The molecular formula is C18H33NO2. The lowest BCUT2D eigenvalue weighted by atomic mass is 9.57. The molecule has 3 rings (SSSR count). The van der Waals surface area contributed by atoms with E-state index >= 15 is 0 Å². The van der Waals surface area contributed by atoms with Crippen molar-refractivity contribution < 1.29 is 9.47 Å². The first-order chi connectivity index (χ1) is 10.3. The Kier molecular flexibility index (Phi) is 5.58. The van der Waals surface area contributed by atoms with Crippen LogP contribution in [0.1, 0.15) is 64.7 Å². The van der Waals surface area contributed by atoms with E-state index in [1.54, 1.807) is 0 Å². The van der Waals surface area contributed by atoms with E-state index in [0.717, 1.165) is 26.4 Å². The maximum absolute atomic E-state index is 6.40. The van der Waals surface area contributed by atoms with Gasteiger partial charge in [-0.1, -0.05) is 32.6 Å². The Hall–Kier alpha value is -0.120. The van der Waals surface area contributed by atoms with Gasteiger partial charge in [-0.25, -0.2) is 0 Å². The van der Waals surface area contributed by atoms with Crippen molar-refractivity contribution in [1.29, 1.82) is 0 Å². The van der Waals surface area contributed by atoms with E-state index in [4.69, 9.17) is 9.47 Å². The smallest absolute Gasteiger partial charge is 0.0661 e. The van der Waals surface area contributed by atoms with Gasteiger partial charge in [0.1, 0.15) is 0 Å². The highest BCUT2D eigenvalue weighted by molar-refractivity contribution is 5.08. The molecule has 1 aliphatic heterocycles. The van der Waals surface area contributed by atoms with Gasteiger partial charge >= 0.3 is 0 Å². The third-order valence-corrected chi connectivity index (χ3v) is 6.02. The van der Waals surface area contributed by atoms with Gasteiger partial charge in [-0.2, -0.15) is 0 Å². The molecule has 0 amide bonds. The Morgan fingerprint density at radius 2 is 2.00 bits per heavy atom. The summed E-state index contributed by atoms with van der Waals surface area (Å²) in [5.74, 6) is 0.649. The maximum atomic E-state index is 6.40. The number of hydrogen-bond donors (Lipinski definition) is 1. The van der Waals surface area contributed by atoms with Crippen molar-refractivity contribution in [3.8, 4) is 0 Å². The van der Waals surface area contributed by atoms with Gasteiger partial charge in [0.05, 0.1) is 19.3 Å². The molecule has 3 unspecified atom stereocenters. The monoisotopic (exact) mass is 295 g/mol. The van der Waals surface area contributed by atoms with E-state index in [2.05, 4.69) is 12.2 Å². The predicted octanol–water partition coefficient (Wildman–Crippen LogP) is 3.52. The van der Waals surface area contributed by atoms with Crippen molar-refractivity contribution in [1.82, 2.24) is 5.32 Å². The summed E-state index contributed by atoms with van der Waals surface area (Å²) in [4.78, 5) is 0. The molecule has 2 saturated carbocycles. The summed E-state index contributed by atoms with van der Waals surface area (Å²) in [6.45, 7) is 6.20. The van der Waals surface area contributed by atoms with Crippen molar-refractivity contribution in [3.05, 3.63) is 0 Å². The van der Waals surface area contributed by atoms with Crippen LogP contribution in [0.3, 0.4) is 0 Å². The highest BCUT2D eigenvalue weighted by atomic mass is 16.5. The number of nitrogens with one attached hydrogen (secondary N) is 1. The van der Waals surface area contributed by atoms with E-state index in [1.807, 2.05) is 0 Å². The van der Waals surface area contributed by atoms with Crippen molar-refractivity contribution in [2.24, 2.45) is 11.3 Å². The minimum atomic E-state index is 0.450. The molecule has 3 heteroatoms. The first kappa shape index (κ1) is 15.8. The molecule has 1 heterocycles. The van der Waals surface area contributed by atoms with Crippen LogP contribution < -0.4 is 5.32 Å². The third kappa shape index (κ3) is 3.46. The summed E-state index contributed by atoms with van der Waals surface area (Å²) in [7, 11) is 0. The molecular weight excluding hydrogens is 262 g/mol. The predicted molar refractivity (Wildman–Crippen MR) is 85.5 cm³/mol. The molecule has 0 aromatic heterocycles. The van der Waals surface area contributed by atoms with Crippen molar-refractivity contribution in [2.45, 2.75) is 76.9 Å². The van der Waals surface area contributed by atoms with E-state index in [9.17, 15) is 0 Å². The third-order valence-electron chi connectivity index (χ3n) is 6.02. The van der Waals surface area contributed by atoms with Crippen LogP contribution in [0.4, 0.5) is 0 Å². The standard InChI is InChI=1S/C18H33NO2/c1-2-10-19-16-12-17(21-14-15-7-11-20-13-15)18(16)8-5-3-4-6-9-18/h15-17,19H,2-14H2,1H3. The molecule has 3 nitrogen and oxygen atoms in total. The molecule has 0 aromatic carbocycles. The average Bonchev–Trinajstić information content (AvgIpc) is 2.86. The van der Waals surface area contributed by atoms with Crippen molar-refractivity contribution in [3.63, 3.8) is 0 Å². The molecule has 0 radical (unpaired) electrons. The zero-order valence-corrected chi connectivity index (χ0v) is 13.7. The minimum Gasteiger partial charge on any atom is -0.381 e. The zero-order chi connectivity index (χ0) is 14.5. The molecule has 3 atom stereocenters. The van der Waals surface area contributed by atoms with Crippen LogP contribution in [0.15, 0.2) is 0 Å². The van der Waals surface area contributed by atoms with Gasteiger partial charge in [-0.3, -0.25) is 0 Å². The van der Waals surface area contributed by atoms with E-state index < -0.39 is 0 Å². The van der Waals surface area contributed by atoms with E-state index in [-0.39, 0.29) is 0 Å². The number of ether oxygens (including phenoxy) is 2. The molecule has 2 aliphatic carbocycles. The minimum absolute atomic E-state index is 0.450. The van der Waals surface area contributed by atoms with Gasteiger partial charge in [0.25, 0.3) is 0 Å². The summed E-state index contributed by atoms with van der Waals surface area (Å²) < 4.78 is 11.9. The Bertz CT molecular complexity index is 306. The molecule has 1 saturated heterocycles. The van der Waals surface area contributed by atoms with Crippen molar-refractivity contribution in [2.75, 3.05) is 26.4 Å². The Morgan fingerprint density at radius 1 is 1.19 bits per heavy atom. The van der Waals surface area contributed by atoms with Crippen LogP contribution in [0.25, 0.3) is 0 Å². The summed E-state index contributed by atoms with van der Waals surface area (Å²) in [6.07, 6.45) is 12.6. The molecule has 1 spiro atoms. The molecule has 0 aromatic rings. The quantitative estimate of drug-likeness (QED) is 0.813. The lowest BCUT2D eigenvalue weighted by Gasteiger charge is -2.56. The van der Waals surface area contributed by atoms with Crippen LogP contribution in [-0.2, 0) is 9.47 Å². The lowest BCUT2D eigenvalue weighted by Crippen LogP contribution is -2.64. The largest absolute Gasteiger partial charge is 0.381 e. The number of hydrogen-bond acceptors (Lipinski definition) is 3. The summed E-state index contributed by atoms with van der Waals surface area (Å²) in [5, 5.41) is 3.81. The Morgan fingerprint density at radius 3 is 2.67 bits per heavy atom.